The zero-order valence-corrected chi connectivity index (χ0v) is 9.89. The first-order valence-electron chi connectivity index (χ1n) is 6.52. The Morgan fingerprint density at radius 2 is 1.69 bits per heavy atom. The Bertz CT molecular complexity index is 358. The summed E-state index contributed by atoms with van der Waals surface area (Å²) in [5.41, 5.74) is 0.900. The van der Waals surface area contributed by atoms with Gasteiger partial charge in [0.2, 0.25) is 0 Å². The van der Waals surface area contributed by atoms with E-state index >= 15 is 0 Å². The lowest BCUT2D eigenvalue weighted by Gasteiger charge is -2.20. The van der Waals surface area contributed by atoms with Crippen LogP contribution >= 0.6 is 0 Å². The summed E-state index contributed by atoms with van der Waals surface area (Å²) in [4.78, 5) is 0. The van der Waals surface area contributed by atoms with Crippen LogP contribution in [0.2, 0.25) is 0 Å². The predicted molar refractivity (Wildman–Crippen MR) is 65.3 cm³/mol. The second-order valence-corrected chi connectivity index (χ2v) is 5.52. The highest BCUT2D eigenvalue weighted by molar-refractivity contribution is 5.29. The first-order valence-corrected chi connectivity index (χ1v) is 6.52. The van der Waals surface area contributed by atoms with Gasteiger partial charge in [0.25, 0.3) is 0 Å². The molecule has 0 aromatic heterocycles. The van der Waals surface area contributed by atoms with Crippen molar-refractivity contribution in [1.29, 1.82) is 0 Å². The van der Waals surface area contributed by atoms with Crippen LogP contribution in [0.25, 0.3) is 0 Å². The van der Waals surface area contributed by atoms with E-state index in [0.717, 1.165) is 0 Å². The molecule has 1 aromatic rings. The summed E-state index contributed by atoms with van der Waals surface area (Å²) in [6, 6.07) is 10.5. The van der Waals surface area contributed by atoms with Crippen LogP contribution < -0.4 is 0 Å². The van der Waals surface area contributed by atoms with E-state index in [4.69, 9.17) is 0 Å². The van der Waals surface area contributed by atoms with Crippen molar-refractivity contribution in [2.75, 3.05) is 0 Å². The first kappa shape index (κ1) is 10.3. The first-order chi connectivity index (χ1) is 7.74. The van der Waals surface area contributed by atoms with Crippen LogP contribution in [0.5, 0.6) is 0 Å². The third-order valence-electron chi connectivity index (χ3n) is 4.84. The molecule has 0 heterocycles. The number of aliphatic hydroxyl groups is 1. The van der Waals surface area contributed by atoms with Crippen LogP contribution in [0.15, 0.2) is 30.3 Å². The standard InChI is InChI=1S/C15H20O/c1-11(12-7-3-2-4-8-12)15(16)13-9-5-6-10-14(13)15/h2-4,7-8,11,13-14,16H,5-6,9-10H2,1H3. The van der Waals surface area contributed by atoms with Crippen LogP contribution in [0.1, 0.15) is 44.1 Å². The van der Waals surface area contributed by atoms with Crippen molar-refractivity contribution in [2.45, 2.75) is 44.1 Å². The molecule has 0 bridgehead atoms. The largest absolute Gasteiger partial charge is 0.389 e. The quantitative estimate of drug-likeness (QED) is 0.804. The number of fused-ring (bicyclic) bond motifs is 1. The summed E-state index contributed by atoms with van der Waals surface area (Å²) in [6.07, 6.45) is 5.09. The summed E-state index contributed by atoms with van der Waals surface area (Å²) < 4.78 is 0. The van der Waals surface area contributed by atoms with Crippen LogP contribution in [0, 0.1) is 11.8 Å². The minimum absolute atomic E-state index is 0.293. The molecular weight excluding hydrogens is 196 g/mol. The highest BCUT2D eigenvalue weighted by atomic mass is 16.3. The number of benzene rings is 1. The monoisotopic (exact) mass is 216 g/mol. The van der Waals surface area contributed by atoms with Gasteiger partial charge < -0.3 is 5.11 Å². The number of rotatable bonds is 2. The molecular formula is C15H20O. The van der Waals surface area contributed by atoms with Crippen molar-refractivity contribution in [3.63, 3.8) is 0 Å². The van der Waals surface area contributed by atoms with E-state index in [-0.39, 0.29) is 0 Å². The highest BCUT2D eigenvalue weighted by Crippen LogP contribution is 2.64. The van der Waals surface area contributed by atoms with Crippen molar-refractivity contribution in [2.24, 2.45) is 11.8 Å². The van der Waals surface area contributed by atoms with Gasteiger partial charge >= 0.3 is 0 Å². The van der Waals surface area contributed by atoms with Gasteiger partial charge in [-0.25, -0.2) is 0 Å². The molecule has 16 heavy (non-hydrogen) atoms. The SMILES string of the molecule is CC(c1ccccc1)C1(O)C2CCCCC21. The molecule has 0 saturated heterocycles. The Morgan fingerprint density at radius 3 is 2.25 bits per heavy atom. The van der Waals surface area contributed by atoms with Crippen LogP contribution in [0.3, 0.4) is 0 Å². The van der Waals surface area contributed by atoms with Crippen molar-refractivity contribution in [3.05, 3.63) is 35.9 Å². The molecule has 2 aliphatic rings. The average Bonchev–Trinajstić information content (AvgIpc) is 2.98. The number of hydrogen-bond acceptors (Lipinski definition) is 1. The fourth-order valence-corrected chi connectivity index (χ4v) is 3.79. The van der Waals surface area contributed by atoms with E-state index < -0.39 is 5.60 Å². The molecule has 2 saturated carbocycles. The Kier molecular flexibility index (Phi) is 2.32. The van der Waals surface area contributed by atoms with Crippen LogP contribution in [-0.4, -0.2) is 10.7 Å². The molecule has 3 rings (SSSR count). The molecule has 1 N–H and O–H groups in total. The maximum Gasteiger partial charge on any atom is 0.0776 e. The molecule has 0 aliphatic heterocycles. The zero-order valence-electron chi connectivity index (χ0n) is 9.89. The Hall–Kier alpha value is -0.820. The lowest BCUT2D eigenvalue weighted by Crippen LogP contribution is -2.21. The summed E-state index contributed by atoms with van der Waals surface area (Å²) in [5, 5.41) is 10.8. The summed E-state index contributed by atoms with van der Waals surface area (Å²) in [6.45, 7) is 2.19. The molecule has 1 aromatic carbocycles. The van der Waals surface area contributed by atoms with Gasteiger partial charge in [-0.3, -0.25) is 0 Å². The number of hydrogen-bond donors (Lipinski definition) is 1. The van der Waals surface area contributed by atoms with E-state index in [0.29, 0.717) is 17.8 Å². The summed E-state index contributed by atoms with van der Waals surface area (Å²) in [7, 11) is 0. The lowest BCUT2D eigenvalue weighted by atomic mass is 9.91. The Labute approximate surface area is 97.5 Å². The molecule has 0 spiro atoms. The topological polar surface area (TPSA) is 20.2 Å². The maximum atomic E-state index is 10.8. The normalized spacial score (nSPS) is 38.9. The van der Waals surface area contributed by atoms with Gasteiger partial charge in [-0.2, -0.15) is 0 Å². The van der Waals surface area contributed by atoms with Gasteiger partial charge in [0.15, 0.2) is 0 Å². The minimum atomic E-state index is -0.391. The molecule has 2 aliphatic carbocycles. The van der Waals surface area contributed by atoms with Crippen molar-refractivity contribution in [3.8, 4) is 0 Å². The molecule has 0 radical (unpaired) electrons. The van der Waals surface area contributed by atoms with E-state index in [2.05, 4.69) is 31.2 Å². The van der Waals surface area contributed by atoms with Gasteiger partial charge in [0.05, 0.1) is 5.60 Å². The van der Waals surface area contributed by atoms with Crippen molar-refractivity contribution >= 4 is 0 Å². The second kappa shape index (κ2) is 3.59. The molecule has 86 valence electrons. The van der Waals surface area contributed by atoms with Crippen LogP contribution in [0.4, 0.5) is 0 Å². The van der Waals surface area contributed by atoms with E-state index in [1.165, 1.54) is 31.2 Å². The van der Waals surface area contributed by atoms with E-state index in [9.17, 15) is 5.11 Å². The van der Waals surface area contributed by atoms with Gasteiger partial charge in [-0.15, -0.1) is 0 Å². The zero-order chi connectivity index (χ0) is 11.2. The van der Waals surface area contributed by atoms with E-state index in [1.54, 1.807) is 0 Å². The van der Waals surface area contributed by atoms with Gasteiger partial charge in [-0.1, -0.05) is 50.1 Å². The average molecular weight is 216 g/mol. The molecule has 2 fully saturated rings. The smallest absolute Gasteiger partial charge is 0.0776 e. The molecule has 1 nitrogen and oxygen atoms in total. The Balaban J connectivity index is 1.83. The fraction of sp³-hybridized carbons (Fsp3) is 0.600. The third-order valence-corrected chi connectivity index (χ3v) is 4.84. The predicted octanol–water partition coefficient (Wildman–Crippen LogP) is 3.34. The van der Waals surface area contributed by atoms with Gasteiger partial charge in [0, 0.05) is 5.92 Å². The molecule has 3 unspecified atom stereocenters. The summed E-state index contributed by atoms with van der Waals surface area (Å²) >= 11 is 0. The molecule has 0 amide bonds. The molecule has 3 atom stereocenters. The second-order valence-electron chi connectivity index (χ2n) is 5.52. The van der Waals surface area contributed by atoms with Crippen molar-refractivity contribution in [1.82, 2.24) is 0 Å². The maximum absolute atomic E-state index is 10.8. The fourth-order valence-electron chi connectivity index (χ4n) is 3.79. The van der Waals surface area contributed by atoms with Crippen molar-refractivity contribution < 1.29 is 5.11 Å². The highest BCUT2D eigenvalue weighted by Gasteiger charge is 2.66. The third kappa shape index (κ3) is 1.34. The lowest BCUT2D eigenvalue weighted by molar-refractivity contribution is 0.0930. The van der Waals surface area contributed by atoms with Gasteiger partial charge in [-0.05, 0) is 30.2 Å². The van der Waals surface area contributed by atoms with Gasteiger partial charge in [0.1, 0.15) is 0 Å². The minimum Gasteiger partial charge on any atom is -0.389 e. The van der Waals surface area contributed by atoms with E-state index in [1.807, 2.05) is 6.07 Å². The van der Waals surface area contributed by atoms with Crippen LogP contribution in [-0.2, 0) is 0 Å². The molecule has 1 heteroatoms. The Morgan fingerprint density at radius 1 is 1.12 bits per heavy atom. The summed E-state index contributed by atoms with van der Waals surface area (Å²) in [5.74, 6) is 1.45.